The fourth-order valence-electron chi connectivity index (χ4n) is 5.19. The monoisotopic (exact) mass is 348 g/mol. The van der Waals surface area contributed by atoms with E-state index < -0.39 is 0 Å². The lowest BCUT2D eigenvalue weighted by molar-refractivity contribution is 0.0195. The van der Waals surface area contributed by atoms with Crippen LogP contribution < -0.4 is 5.32 Å². The summed E-state index contributed by atoms with van der Waals surface area (Å²) in [6.07, 6.45) is 9.93. The third-order valence-corrected chi connectivity index (χ3v) is 6.74. The van der Waals surface area contributed by atoms with Crippen LogP contribution in [0, 0.1) is 11.8 Å². The lowest BCUT2D eigenvalue weighted by atomic mass is 9.85. The van der Waals surface area contributed by atoms with E-state index in [2.05, 4.69) is 22.0 Å². The van der Waals surface area contributed by atoms with Gasteiger partial charge >= 0.3 is 0 Å². The van der Waals surface area contributed by atoms with Crippen molar-refractivity contribution in [2.75, 3.05) is 45.9 Å². The molecule has 5 heteroatoms. The van der Waals surface area contributed by atoms with E-state index in [1.54, 1.807) is 0 Å². The zero-order valence-corrected chi connectivity index (χ0v) is 16.0. The molecule has 0 amide bonds. The molecule has 3 unspecified atom stereocenters. The number of hydrogen-bond acceptors (Lipinski definition) is 3. The van der Waals surface area contributed by atoms with Crippen molar-refractivity contribution in [2.45, 2.75) is 64.0 Å². The molecule has 0 spiro atoms. The SMILES string of the molecule is CCN=C(NC1CC1C1CCCCC1)N1CCC(N2CCOCC2)C1. The topological polar surface area (TPSA) is 40.1 Å². The molecular weight excluding hydrogens is 312 g/mol. The van der Waals surface area contributed by atoms with Crippen LogP contribution in [0.5, 0.6) is 0 Å². The highest BCUT2D eigenvalue weighted by Crippen LogP contribution is 2.44. The second-order valence-corrected chi connectivity index (χ2v) is 8.38. The summed E-state index contributed by atoms with van der Waals surface area (Å²) in [7, 11) is 0. The number of nitrogens with zero attached hydrogens (tertiary/aromatic N) is 3. The van der Waals surface area contributed by atoms with Gasteiger partial charge in [-0.15, -0.1) is 0 Å². The van der Waals surface area contributed by atoms with Crippen molar-refractivity contribution in [1.29, 1.82) is 0 Å². The Balaban J connectivity index is 1.29. The Labute approximate surface area is 153 Å². The summed E-state index contributed by atoms with van der Waals surface area (Å²) in [5, 5.41) is 3.84. The van der Waals surface area contributed by atoms with Crippen molar-refractivity contribution >= 4 is 5.96 Å². The first-order chi connectivity index (χ1) is 12.3. The molecule has 0 radical (unpaired) electrons. The third kappa shape index (κ3) is 4.30. The molecule has 2 aliphatic heterocycles. The summed E-state index contributed by atoms with van der Waals surface area (Å²) < 4.78 is 5.51. The van der Waals surface area contributed by atoms with Gasteiger partial charge in [0.15, 0.2) is 5.96 Å². The highest BCUT2D eigenvalue weighted by molar-refractivity contribution is 5.81. The molecule has 4 rings (SSSR count). The van der Waals surface area contributed by atoms with Crippen LogP contribution in [-0.4, -0.2) is 73.8 Å². The molecule has 1 N–H and O–H groups in total. The van der Waals surface area contributed by atoms with Gasteiger partial charge in [-0.3, -0.25) is 9.89 Å². The molecule has 4 aliphatic rings. The highest BCUT2D eigenvalue weighted by atomic mass is 16.5. The van der Waals surface area contributed by atoms with E-state index in [-0.39, 0.29) is 0 Å². The standard InChI is InChI=1S/C20H36N4O/c1-2-21-20(22-19-14-18(19)16-6-4-3-5-7-16)24-9-8-17(15-24)23-10-12-25-13-11-23/h16-19H,2-15H2,1H3,(H,21,22). The maximum atomic E-state index is 5.51. The molecule has 0 aromatic heterocycles. The molecule has 0 aromatic rings. The van der Waals surface area contributed by atoms with Crippen LogP contribution in [0.1, 0.15) is 51.9 Å². The average Bonchev–Trinajstić information content (AvgIpc) is 3.26. The van der Waals surface area contributed by atoms with Crippen LogP contribution in [0.2, 0.25) is 0 Å². The molecule has 2 saturated heterocycles. The minimum atomic E-state index is 0.682. The van der Waals surface area contributed by atoms with Gasteiger partial charge < -0.3 is 15.0 Å². The number of rotatable bonds is 4. The maximum absolute atomic E-state index is 5.51. The average molecular weight is 349 g/mol. The van der Waals surface area contributed by atoms with E-state index in [0.717, 1.165) is 57.8 Å². The van der Waals surface area contributed by atoms with Crippen LogP contribution in [0.3, 0.4) is 0 Å². The number of likely N-dealkylation sites (tertiary alicyclic amines) is 1. The number of nitrogens with one attached hydrogen (secondary N) is 1. The molecule has 0 bridgehead atoms. The van der Waals surface area contributed by atoms with E-state index in [9.17, 15) is 0 Å². The van der Waals surface area contributed by atoms with Crippen molar-refractivity contribution in [3.63, 3.8) is 0 Å². The van der Waals surface area contributed by atoms with E-state index in [1.165, 1.54) is 50.9 Å². The van der Waals surface area contributed by atoms with Gasteiger partial charge in [0.05, 0.1) is 13.2 Å². The predicted octanol–water partition coefficient (Wildman–Crippen LogP) is 2.33. The lowest BCUT2D eigenvalue weighted by Gasteiger charge is -2.32. The first-order valence-corrected chi connectivity index (χ1v) is 10.7. The lowest BCUT2D eigenvalue weighted by Crippen LogP contribution is -2.47. The fraction of sp³-hybridized carbons (Fsp3) is 0.950. The van der Waals surface area contributed by atoms with Crippen molar-refractivity contribution in [2.24, 2.45) is 16.8 Å². The van der Waals surface area contributed by atoms with Gasteiger partial charge in [0.2, 0.25) is 0 Å². The van der Waals surface area contributed by atoms with Gasteiger partial charge in [-0.2, -0.15) is 0 Å². The van der Waals surface area contributed by atoms with E-state index in [0.29, 0.717) is 12.1 Å². The fourth-order valence-corrected chi connectivity index (χ4v) is 5.19. The van der Waals surface area contributed by atoms with Crippen molar-refractivity contribution in [1.82, 2.24) is 15.1 Å². The summed E-state index contributed by atoms with van der Waals surface area (Å²) in [4.78, 5) is 9.97. The zero-order valence-electron chi connectivity index (χ0n) is 16.0. The Hall–Kier alpha value is -0.810. The number of hydrogen-bond donors (Lipinski definition) is 1. The number of aliphatic imine (C=N–C) groups is 1. The molecule has 2 heterocycles. The summed E-state index contributed by atoms with van der Waals surface area (Å²) in [6.45, 7) is 9.30. The predicted molar refractivity (Wildman–Crippen MR) is 102 cm³/mol. The minimum Gasteiger partial charge on any atom is -0.379 e. The summed E-state index contributed by atoms with van der Waals surface area (Å²) in [6, 6.07) is 1.37. The quantitative estimate of drug-likeness (QED) is 0.625. The number of morpholine rings is 1. The second kappa shape index (κ2) is 8.26. The smallest absolute Gasteiger partial charge is 0.194 e. The Morgan fingerprint density at radius 3 is 2.64 bits per heavy atom. The minimum absolute atomic E-state index is 0.682. The summed E-state index contributed by atoms with van der Waals surface area (Å²) in [5.41, 5.74) is 0. The second-order valence-electron chi connectivity index (χ2n) is 8.38. The molecule has 142 valence electrons. The molecule has 2 saturated carbocycles. The number of ether oxygens (including phenoxy) is 1. The Bertz CT molecular complexity index is 457. The molecule has 25 heavy (non-hydrogen) atoms. The molecule has 2 aliphatic carbocycles. The van der Waals surface area contributed by atoms with Gasteiger partial charge in [-0.05, 0) is 31.6 Å². The van der Waals surface area contributed by atoms with E-state index >= 15 is 0 Å². The Kier molecular flexibility index (Phi) is 5.81. The van der Waals surface area contributed by atoms with Crippen LogP contribution in [-0.2, 0) is 4.74 Å². The van der Waals surface area contributed by atoms with Gasteiger partial charge in [0, 0.05) is 44.8 Å². The van der Waals surface area contributed by atoms with E-state index in [4.69, 9.17) is 9.73 Å². The van der Waals surface area contributed by atoms with Gasteiger partial charge in [0.25, 0.3) is 0 Å². The van der Waals surface area contributed by atoms with Gasteiger partial charge in [-0.1, -0.05) is 32.1 Å². The van der Waals surface area contributed by atoms with Crippen molar-refractivity contribution in [3.05, 3.63) is 0 Å². The van der Waals surface area contributed by atoms with Gasteiger partial charge in [0.1, 0.15) is 0 Å². The molecule has 4 fully saturated rings. The normalized spacial score (nSPS) is 35.2. The Morgan fingerprint density at radius 1 is 1.08 bits per heavy atom. The molecule has 3 atom stereocenters. The van der Waals surface area contributed by atoms with Crippen LogP contribution in [0.4, 0.5) is 0 Å². The van der Waals surface area contributed by atoms with Crippen molar-refractivity contribution in [3.8, 4) is 0 Å². The van der Waals surface area contributed by atoms with Crippen LogP contribution >= 0.6 is 0 Å². The van der Waals surface area contributed by atoms with E-state index in [1.807, 2.05) is 0 Å². The van der Waals surface area contributed by atoms with Crippen LogP contribution in [0.15, 0.2) is 4.99 Å². The Morgan fingerprint density at radius 2 is 1.88 bits per heavy atom. The summed E-state index contributed by atoms with van der Waals surface area (Å²) in [5.74, 6) is 3.08. The first kappa shape index (κ1) is 17.6. The largest absolute Gasteiger partial charge is 0.379 e. The molecule has 5 nitrogen and oxygen atoms in total. The summed E-state index contributed by atoms with van der Waals surface area (Å²) >= 11 is 0. The maximum Gasteiger partial charge on any atom is 0.194 e. The van der Waals surface area contributed by atoms with Gasteiger partial charge in [-0.25, -0.2) is 0 Å². The highest BCUT2D eigenvalue weighted by Gasteiger charge is 2.44. The van der Waals surface area contributed by atoms with Crippen molar-refractivity contribution < 1.29 is 4.74 Å². The molecule has 0 aromatic carbocycles. The van der Waals surface area contributed by atoms with Crippen LogP contribution in [0.25, 0.3) is 0 Å². The molecular formula is C20H36N4O. The first-order valence-electron chi connectivity index (χ1n) is 10.7. The zero-order chi connectivity index (χ0) is 17.1. The number of guanidine groups is 1. The third-order valence-electron chi connectivity index (χ3n) is 6.74.